The van der Waals surface area contributed by atoms with Crippen molar-refractivity contribution in [3.63, 3.8) is 0 Å². The third-order valence-electron chi connectivity index (χ3n) is 6.94. The van der Waals surface area contributed by atoms with E-state index in [1.807, 2.05) is 18.2 Å². The summed E-state index contributed by atoms with van der Waals surface area (Å²) in [5.41, 5.74) is 1.20. The summed E-state index contributed by atoms with van der Waals surface area (Å²) in [6.45, 7) is 7.40. The van der Waals surface area contributed by atoms with E-state index >= 15 is 0 Å². The first-order valence-electron chi connectivity index (χ1n) is 12.8. The van der Waals surface area contributed by atoms with Crippen LogP contribution in [0.2, 0.25) is 0 Å². The maximum Gasteiger partial charge on any atom is 0.338 e. The third kappa shape index (κ3) is 5.11. The van der Waals surface area contributed by atoms with Crippen molar-refractivity contribution < 1.29 is 23.4 Å². The van der Waals surface area contributed by atoms with Crippen LogP contribution in [0.25, 0.3) is 6.08 Å². The number of ether oxygens (including phenoxy) is 3. The van der Waals surface area contributed by atoms with E-state index in [9.17, 15) is 9.59 Å². The molecular weight excluding hydrogens is 520 g/mol. The molecule has 0 N–H and O–H groups in total. The molecule has 4 heterocycles. The highest BCUT2D eigenvalue weighted by Crippen LogP contribution is 2.36. The Hall–Kier alpha value is -3.83. The molecule has 1 fully saturated rings. The predicted octanol–water partition coefficient (Wildman–Crippen LogP) is 2.16. The summed E-state index contributed by atoms with van der Waals surface area (Å²) in [5.74, 6) is 1.88. The zero-order valence-corrected chi connectivity index (χ0v) is 23.5. The molecule has 1 saturated heterocycles. The van der Waals surface area contributed by atoms with Crippen LogP contribution in [-0.2, 0) is 9.53 Å². The second-order valence-corrected chi connectivity index (χ2v) is 10.4. The van der Waals surface area contributed by atoms with Crippen molar-refractivity contribution in [1.29, 1.82) is 0 Å². The Morgan fingerprint density at radius 3 is 2.56 bits per heavy atom. The van der Waals surface area contributed by atoms with Crippen LogP contribution in [0.5, 0.6) is 11.5 Å². The van der Waals surface area contributed by atoms with Gasteiger partial charge in [-0.3, -0.25) is 9.36 Å². The zero-order valence-electron chi connectivity index (χ0n) is 22.7. The van der Waals surface area contributed by atoms with Crippen LogP contribution in [0.4, 0.5) is 5.88 Å². The minimum Gasteiger partial charge on any atom is -0.493 e. The van der Waals surface area contributed by atoms with Crippen LogP contribution in [0.1, 0.15) is 31.2 Å². The van der Waals surface area contributed by atoms with Gasteiger partial charge < -0.3 is 28.4 Å². The second kappa shape index (κ2) is 11.1. The molecule has 2 aromatic heterocycles. The number of thiazole rings is 1. The highest BCUT2D eigenvalue weighted by molar-refractivity contribution is 7.07. The van der Waals surface area contributed by atoms with E-state index in [1.54, 1.807) is 50.8 Å². The third-order valence-corrected chi connectivity index (χ3v) is 7.92. The summed E-state index contributed by atoms with van der Waals surface area (Å²) in [6.07, 6.45) is 1.73. The van der Waals surface area contributed by atoms with Gasteiger partial charge in [-0.2, -0.15) is 0 Å². The van der Waals surface area contributed by atoms with E-state index in [4.69, 9.17) is 18.6 Å². The lowest BCUT2D eigenvalue weighted by molar-refractivity contribution is -0.139. The van der Waals surface area contributed by atoms with Crippen LogP contribution in [-0.4, -0.2) is 69.5 Å². The molecule has 2 aliphatic heterocycles. The Bertz CT molecular complexity index is 1590. The number of fused-ring (bicyclic) bond motifs is 1. The average molecular weight is 553 g/mol. The van der Waals surface area contributed by atoms with Crippen LogP contribution in [0.3, 0.4) is 0 Å². The number of methoxy groups -OCH3 is 2. The number of aromatic nitrogens is 1. The number of hydrogen-bond acceptors (Lipinski definition) is 10. The van der Waals surface area contributed by atoms with Crippen LogP contribution < -0.4 is 29.3 Å². The summed E-state index contributed by atoms with van der Waals surface area (Å²) >= 11 is 1.25. The molecule has 0 bridgehead atoms. The van der Waals surface area contributed by atoms with Gasteiger partial charge in [0.2, 0.25) is 0 Å². The van der Waals surface area contributed by atoms with Crippen LogP contribution >= 0.6 is 11.3 Å². The molecule has 2 aliphatic rings. The number of carbonyl (C=O) groups is 1. The smallest absolute Gasteiger partial charge is 0.338 e. The van der Waals surface area contributed by atoms with Gasteiger partial charge in [-0.15, -0.1) is 0 Å². The standard InChI is InChI=1S/C28H32N4O6S/c1-6-37-27(34)24-17(2)29-28-32(25(24)18-7-9-20(35-4)21(15-18)36-5)26(33)22(39-28)16-19-8-10-23(38-19)31-13-11-30(3)12-14-31/h7-10,15-16,25H,6,11-14H2,1-5H3/b22-16+. The Morgan fingerprint density at radius 1 is 1.13 bits per heavy atom. The van der Waals surface area contributed by atoms with Crippen molar-refractivity contribution in [2.45, 2.75) is 19.9 Å². The predicted molar refractivity (Wildman–Crippen MR) is 148 cm³/mol. The highest BCUT2D eigenvalue weighted by atomic mass is 32.1. The number of hydrogen-bond donors (Lipinski definition) is 0. The fraction of sp³-hybridized carbons (Fsp3) is 0.393. The molecule has 0 spiro atoms. The van der Waals surface area contributed by atoms with Gasteiger partial charge in [0.1, 0.15) is 5.76 Å². The number of anilines is 1. The first kappa shape index (κ1) is 26.8. The van der Waals surface area contributed by atoms with Crippen LogP contribution in [0, 0.1) is 0 Å². The maximum atomic E-state index is 13.9. The summed E-state index contributed by atoms with van der Waals surface area (Å²) in [7, 11) is 5.20. The van der Waals surface area contributed by atoms with Gasteiger partial charge in [0.15, 0.2) is 22.2 Å². The lowest BCUT2D eigenvalue weighted by atomic mass is 9.95. The molecule has 3 aromatic rings. The fourth-order valence-electron chi connectivity index (χ4n) is 4.88. The Labute approximate surface area is 230 Å². The van der Waals surface area contributed by atoms with E-state index in [1.165, 1.54) is 11.3 Å². The van der Waals surface area contributed by atoms with Gasteiger partial charge in [-0.25, -0.2) is 9.79 Å². The van der Waals surface area contributed by atoms with E-state index in [0.29, 0.717) is 43.4 Å². The molecule has 11 heteroatoms. The van der Waals surface area contributed by atoms with E-state index < -0.39 is 12.0 Å². The Balaban J connectivity index is 1.60. The molecular formula is C28H32N4O6S. The number of rotatable bonds is 7. The molecule has 1 aromatic carbocycles. The molecule has 0 aliphatic carbocycles. The van der Waals surface area contributed by atoms with E-state index in [2.05, 4.69) is 21.8 Å². The SMILES string of the molecule is CCOC(=O)C1=C(C)N=c2s/c(=C/c3ccc(N4CCN(C)CC4)o3)c(=O)n2C1c1ccc(OC)c(OC)c1. The van der Waals surface area contributed by atoms with Gasteiger partial charge in [0.05, 0.1) is 42.7 Å². The minimum absolute atomic E-state index is 0.201. The summed E-state index contributed by atoms with van der Waals surface area (Å²) in [6, 6.07) is 8.39. The van der Waals surface area contributed by atoms with E-state index in [-0.39, 0.29) is 12.2 Å². The number of benzene rings is 1. The number of carbonyl (C=O) groups excluding carboxylic acids is 1. The second-order valence-electron chi connectivity index (χ2n) is 9.38. The molecule has 5 rings (SSSR count). The Morgan fingerprint density at radius 2 is 1.87 bits per heavy atom. The van der Waals surface area contributed by atoms with Crippen LogP contribution in [0.15, 0.2) is 55.8 Å². The first-order valence-corrected chi connectivity index (χ1v) is 13.6. The molecule has 0 radical (unpaired) electrons. The van der Waals surface area contributed by atoms with Crippen molar-refractivity contribution in [3.05, 3.63) is 72.6 Å². The lowest BCUT2D eigenvalue weighted by Gasteiger charge is -2.32. The van der Waals surface area contributed by atoms with E-state index in [0.717, 1.165) is 32.1 Å². The molecule has 206 valence electrons. The lowest BCUT2D eigenvalue weighted by Crippen LogP contribution is -2.44. The van der Waals surface area contributed by atoms with Gasteiger partial charge in [-0.1, -0.05) is 17.4 Å². The largest absolute Gasteiger partial charge is 0.493 e. The maximum absolute atomic E-state index is 13.9. The first-order chi connectivity index (χ1) is 18.8. The number of allylic oxidation sites excluding steroid dienone is 1. The number of likely N-dealkylation sites (N-methyl/N-ethyl adjacent to an activating group) is 1. The topological polar surface area (TPSA) is 98.7 Å². The highest BCUT2D eigenvalue weighted by Gasteiger charge is 2.34. The van der Waals surface area contributed by atoms with Gasteiger partial charge in [0.25, 0.3) is 5.56 Å². The molecule has 10 nitrogen and oxygen atoms in total. The zero-order chi connectivity index (χ0) is 27.7. The number of esters is 1. The van der Waals surface area contributed by atoms with Gasteiger partial charge >= 0.3 is 5.97 Å². The molecule has 0 saturated carbocycles. The van der Waals surface area contributed by atoms with Crippen molar-refractivity contribution in [3.8, 4) is 11.5 Å². The van der Waals surface area contributed by atoms with Gasteiger partial charge in [-0.05, 0) is 44.7 Å². The number of nitrogens with zero attached hydrogens (tertiary/aromatic N) is 4. The monoisotopic (exact) mass is 552 g/mol. The normalized spacial score (nSPS) is 18.1. The summed E-state index contributed by atoms with van der Waals surface area (Å²) in [5, 5.41) is 0. The quantitative estimate of drug-likeness (QED) is 0.412. The summed E-state index contributed by atoms with van der Waals surface area (Å²) in [4.78, 5) is 36.6. The summed E-state index contributed by atoms with van der Waals surface area (Å²) < 4.78 is 24.4. The number of furan rings is 1. The van der Waals surface area contributed by atoms with Crippen molar-refractivity contribution in [2.75, 3.05) is 59.0 Å². The number of piperazine rings is 1. The fourth-order valence-corrected chi connectivity index (χ4v) is 5.90. The molecule has 1 atom stereocenters. The average Bonchev–Trinajstić information content (AvgIpc) is 3.52. The molecule has 1 unspecified atom stereocenters. The van der Waals surface area contributed by atoms with Gasteiger partial charge in [0, 0.05) is 38.3 Å². The van der Waals surface area contributed by atoms with Crippen molar-refractivity contribution in [1.82, 2.24) is 9.47 Å². The molecule has 0 amide bonds. The van der Waals surface area contributed by atoms with Crippen molar-refractivity contribution in [2.24, 2.45) is 4.99 Å². The minimum atomic E-state index is -0.750. The molecule has 39 heavy (non-hydrogen) atoms. The van der Waals surface area contributed by atoms with Crippen molar-refractivity contribution >= 4 is 29.3 Å². The Kier molecular flexibility index (Phi) is 7.62.